The molecule has 0 radical (unpaired) electrons. The fourth-order valence-corrected chi connectivity index (χ4v) is 1.69. The molecule has 0 aliphatic heterocycles. The molecule has 21 heavy (non-hydrogen) atoms. The Hall–Kier alpha value is -2.95. The molecule has 0 fully saturated rings. The summed E-state index contributed by atoms with van der Waals surface area (Å²) in [6.45, 7) is 1.45. The normalized spacial score (nSPS) is 10.5. The predicted molar refractivity (Wildman–Crippen MR) is 81.4 cm³/mol. The Kier molecular flexibility index (Phi) is 4.46. The van der Waals surface area contributed by atoms with Crippen LogP contribution in [-0.4, -0.2) is 23.2 Å². The lowest BCUT2D eigenvalue weighted by molar-refractivity contribution is -0.114. The molecular weight excluding hydrogens is 268 g/mol. The van der Waals surface area contributed by atoms with E-state index in [2.05, 4.69) is 10.3 Å². The second-order valence-electron chi connectivity index (χ2n) is 4.41. The molecule has 2 rings (SSSR count). The van der Waals surface area contributed by atoms with Gasteiger partial charge in [0.1, 0.15) is 0 Å². The first-order chi connectivity index (χ1) is 10.0. The van der Waals surface area contributed by atoms with Crippen molar-refractivity contribution >= 4 is 29.5 Å². The third-order valence-corrected chi connectivity index (χ3v) is 2.71. The molecule has 0 aliphatic carbocycles. The summed E-state index contributed by atoms with van der Waals surface area (Å²) in [5, 5.41) is 11.5. The Bertz CT molecular complexity index is 674. The Labute approximate surface area is 122 Å². The van der Waals surface area contributed by atoms with Crippen LogP contribution >= 0.6 is 0 Å². The monoisotopic (exact) mass is 282 g/mol. The van der Waals surface area contributed by atoms with Crippen LogP contribution in [0.25, 0.3) is 0 Å². The van der Waals surface area contributed by atoms with Crippen molar-refractivity contribution in [3.8, 4) is 0 Å². The summed E-state index contributed by atoms with van der Waals surface area (Å²) in [5.74, 6) is -1.07. The summed E-state index contributed by atoms with van der Waals surface area (Å²) in [4.78, 5) is 25.9. The summed E-state index contributed by atoms with van der Waals surface area (Å²) in [7, 11) is 0. The maximum Gasteiger partial charge on any atom is 0.335 e. The van der Waals surface area contributed by atoms with E-state index in [4.69, 9.17) is 5.11 Å². The van der Waals surface area contributed by atoms with Crippen LogP contribution in [0.1, 0.15) is 22.8 Å². The lowest BCUT2D eigenvalue weighted by atomic mass is 10.2. The fourth-order valence-electron chi connectivity index (χ4n) is 1.69. The standard InChI is InChI=1S/C16H14N2O3/c1-11(19)18-15-6-2-12(3-7-15)10-17-14-8-4-13(5-9-14)16(20)21/h2-10H,1H3,(H,18,19)(H,20,21). The van der Waals surface area contributed by atoms with Crippen LogP contribution in [-0.2, 0) is 4.79 Å². The molecule has 106 valence electrons. The molecule has 5 nitrogen and oxygen atoms in total. The predicted octanol–water partition coefficient (Wildman–Crippen LogP) is 3.09. The Morgan fingerprint density at radius 2 is 1.67 bits per heavy atom. The van der Waals surface area contributed by atoms with E-state index in [0.717, 1.165) is 11.3 Å². The van der Waals surface area contributed by atoms with Gasteiger partial charge in [0.25, 0.3) is 0 Å². The maximum atomic E-state index is 10.9. The molecule has 0 aromatic heterocycles. The van der Waals surface area contributed by atoms with Gasteiger partial charge in [-0.15, -0.1) is 0 Å². The summed E-state index contributed by atoms with van der Waals surface area (Å²) < 4.78 is 0. The summed E-state index contributed by atoms with van der Waals surface area (Å²) in [6.07, 6.45) is 1.67. The average molecular weight is 282 g/mol. The van der Waals surface area contributed by atoms with E-state index in [1.807, 2.05) is 12.1 Å². The Morgan fingerprint density at radius 1 is 1.05 bits per heavy atom. The molecule has 0 spiro atoms. The van der Waals surface area contributed by atoms with Crippen molar-refractivity contribution in [2.75, 3.05) is 5.32 Å². The number of nitrogens with one attached hydrogen (secondary N) is 1. The lowest BCUT2D eigenvalue weighted by Crippen LogP contribution is -2.05. The average Bonchev–Trinajstić information content (AvgIpc) is 2.46. The molecule has 1 amide bonds. The molecular formula is C16H14N2O3. The van der Waals surface area contributed by atoms with Gasteiger partial charge in [-0.25, -0.2) is 4.79 Å². The van der Waals surface area contributed by atoms with Crippen molar-refractivity contribution in [3.05, 3.63) is 59.7 Å². The number of benzene rings is 2. The van der Waals surface area contributed by atoms with Gasteiger partial charge in [-0.2, -0.15) is 0 Å². The van der Waals surface area contributed by atoms with Crippen LogP contribution in [0.4, 0.5) is 11.4 Å². The first-order valence-electron chi connectivity index (χ1n) is 6.30. The zero-order valence-electron chi connectivity index (χ0n) is 11.4. The van der Waals surface area contributed by atoms with Crippen molar-refractivity contribution in [2.45, 2.75) is 6.92 Å². The Balaban J connectivity index is 2.06. The largest absolute Gasteiger partial charge is 0.478 e. The minimum atomic E-state index is -0.959. The van der Waals surface area contributed by atoms with Crippen LogP contribution in [0.3, 0.4) is 0 Å². The zero-order valence-corrected chi connectivity index (χ0v) is 11.4. The van der Waals surface area contributed by atoms with E-state index in [-0.39, 0.29) is 11.5 Å². The van der Waals surface area contributed by atoms with Crippen LogP contribution in [0.2, 0.25) is 0 Å². The highest BCUT2D eigenvalue weighted by Gasteiger charge is 2.00. The van der Waals surface area contributed by atoms with Gasteiger partial charge in [-0.3, -0.25) is 9.79 Å². The highest BCUT2D eigenvalue weighted by atomic mass is 16.4. The molecule has 0 heterocycles. The fraction of sp³-hybridized carbons (Fsp3) is 0.0625. The summed E-state index contributed by atoms with van der Waals surface area (Å²) in [5.41, 5.74) is 2.51. The maximum absolute atomic E-state index is 10.9. The third-order valence-electron chi connectivity index (χ3n) is 2.71. The molecule has 2 N–H and O–H groups in total. The second kappa shape index (κ2) is 6.47. The summed E-state index contributed by atoms with van der Waals surface area (Å²) >= 11 is 0. The van der Waals surface area contributed by atoms with Gasteiger partial charge >= 0.3 is 5.97 Å². The van der Waals surface area contributed by atoms with Gasteiger partial charge in [0, 0.05) is 18.8 Å². The number of hydrogen-bond donors (Lipinski definition) is 2. The van der Waals surface area contributed by atoms with Crippen molar-refractivity contribution in [3.63, 3.8) is 0 Å². The quantitative estimate of drug-likeness (QED) is 0.846. The number of rotatable bonds is 4. The first kappa shape index (κ1) is 14.5. The van der Waals surface area contributed by atoms with Gasteiger partial charge in [0.2, 0.25) is 5.91 Å². The molecule has 0 atom stereocenters. The smallest absolute Gasteiger partial charge is 0.335 e. The number of hydrogen-bond acceptors (Lipinski definition) is 3. The number of amides is 1. The highest BCUT2D eigenvalue weighted by molar-refractivity contribution is 5.90. The van der Waals surface area contributed by atoms with E-state index in [0.29, 0.717) is 5.69 Å². The molecule has 2 aromatic carbocycles. The molecule has 5 heteroatoms. The van der Waals surface area contributed by atoms with Crippen LogP contribution in [0, 0.1) is 0 Å². The van der Waals surface area contributed by atoms with E-state index in [1.165, 1.54) is 19.1 Å². The van der Waals surface area contributed by atoms with Gasteiger partial charge in [0.05, 0.1) is 11.3 Å². The second-order valence-corrected chi connectivity index (χ2v) is 4.41. The molecule has 0 saturated heterocycles. The number of anilines is 1. The number of carboxylic acids is 1. The number of carbonyl (C=O) groups is 2. The minimum Gasteiger partial charge on any atom is -0.478 e. The molecule has 0 unspecified atom stereocenters. The zero-order chi connectivity index (χ0) is 15.2. The van der Waals surface area contributed by atoms with Crippen molar-refractivity contribution in [2.24, 2.45) is 4.99 Å². The number of aromatic carboxylic acids is 1. The summed E-state index contributed by atoms with van der Waals surface area (Å²) in [6, 6.07) is 13.5. The van der Waals surface area contributed by atoms with E-state index >= 15 is 0 Å². The number of carboxylic acid groups (broad SMARTS) is 1. The van der Waals surface area contributed by atoms with Gasteiger partial charge < -0.3 is 10.4 Å². The van der Waals surface area contributed by atoms with Gasteiger partial charge in [-0.1, -0.05) is 12.1 Å². The lowest BCUT2D eigenvalue weighted by Gasteiger charge is -2.01. The topological polar surface area (TPSA) is 78.8 Å². The number of carbonyl (C=O) groups excluding carboxylic acids is 1. The van der Waals surface area contributed by atoms with E-state index in [9.17, 15) is 9.59 Å². The number of nitrogens with zero attached hydrogens (tertiary/aromatic N) is 1. The van der Waals surface area contributed by atoms with Crippen molar-refractivity contribution in [1.29, 1.82) is 0 Å². The molecule has 0 aliphatic rings. The highest BCUT2D eigenvalue weighted by Crippen LogP contribution is 2.14. The van der Waals surface area contributed by atoms with Crippen LogP contribution in [0.5, 0.6) is 0 Å². The first-order valence-corrected chi connectivity index (χ1v) is 6.30. The SMILES string of the molecule is CC(=O)Nc1ccc(C=Nc2ccc(C(=O)O)cc2)cc1. The van der Waals surface area contributed by atoms with Crippen LogP contribution < -0.4 is 5.32 Å². The van der Waals surface area contributed by atoms with Crippen molar-refractivity contribution < 1.29 is 14.7 Å². The number of aliphatic imine (C=N–C) groups is 1. The molecule has 2 aromatic rings. The van der Waals surface area contributed by atoms with Gasteiger partial charge in [-0.05, 0) is 42.0 Å². The third kappa shape index (κ3) is 4.28. The van der Waals surface area contributed by atoms with E-state index in [1.54, 1.807) is 30.5 Å². The Morgan fingerprint density at radius 3 is 2.19 bits per heavy atom. The van der Waals surface area contributed by atoms with Crippen molar-refractivity contribution in [1.82, 2.24) is 0 Å². The molecule has 0 saturated carbocycles. The van der Waals surface area contributed by atoms with Crippen LogP contribution in [0.15, 0.2) is 53.5 Å². The minimum absolute atomic E-state index is 0.116. The van der Waals surface area contributed by atoms with Gasteiger partial charge in [0.15, 0.2) is 0 Å². The molecule has 0 bridgehead atoms. The van der Waals surface area contributed by atoms with E-state index < -0.39 is 5.97 Å².